The molecule has 2 aromatic rings. The van der Waals surface area contributed by atoms with Crippen molar-refractivity contribution in [1.82, 2.24) is 4.98 Å². The summed E-state index contributed by atoms with van der Waals surface area (Å²) >= 11 is 0. The highest BCUT2D eigenvalue weighted by Crippen LogP contribution is 2.20. The first-order chi connectivity index (χ1) is 9.51. The van der Waals surface area contributed by atoms with Crippen LogP contribution in [0.15, 0.2) is 30.5 Å². The molecule has 2 N–H and O–H groups in total. The lowest BCUT2D eigenvalue weighted by Gasteiger charge is -2.08. The molecule has 0 unspecified atom stereocenters. The number of carbonyl (C=O) groups is 1. The molecule has 1 heterocycles. The Balaban J connectivity index is 2.23. The van der Waals surface area contributed by atoms with Crippen molar-refractivity contribution in [1.29, 1.82) is 0 Å². The molecular weight excluding hydrogens is 264 g/mol. The van der Waals surface area contributed by atoms with Gasteiger partial charge in [-0.3, -0.25) is 9.78 Å². The van der Waals surface area contributed by atoms with Gasteiger partial charge in [-0.05, 0) is 31.2 Å². The van der Waals surface area contributed by atoms with Gasteiger partial charge in [0.1, 0.15) is 17.3 Å². The number of hydrogen-bond donors (Lipinski definition) is 2. The lowest BCUT2D eigenvalue weighted by molar-refractivity contribution is 0.102. The fraction of sp³-hybridized carbons (Fsp3) is 0.143. The molecule has 104 valence electrons. The van der Waals surface area contributed by atoms with E-state index in [1.807, 2.05) is 6.92 Å². The predicted molar refractivity (Wildman–Crippen MR) is 72.8 cm³/mol. The van der Waals surface area contributed by atoms with Gasteiger partial charge in [0.2, 0.25) is 0 Å². The fourth-order valence-electron chi connectivity index (χ4n) is 1.69. The Morgan fingerprint density at radius 1 is 1.20 bits per heavy atom. The first-order valence-corrected chi connectivity index (χ1v) is 5.92. The molecule has 4 nitrogen and oxygen atoms in total. The zero-order valence-electron chi connectivity index (χ0n) is 11.0. The van der Waals surface area contributed by atoms with Gasteiger partial charge in [0.25, 0.3) is 5.91 Å². The van der Waals surface area contributed by atoms with Crippen molar-refractivity contribution in [3.63, 3.8) is 0 Å². The maximum atomic E-state index is 13.6. The van der Waals surface area contributed by atoms with E-state index < -0.39 is 17.5 Å². The van der Waals surface area contributed by atoms with Crippen LogP contribution in [0, 0.1) is 18.6 Å². The number of benzene rings is 1. The van der Waals surface area contributed by atoms with Crippen LogP contribution in [0.2, 0.25) is 0 Å². The Morgan fingerprint density at radius 2 is 1.85 bits per heavy atom. The standard InChI is InChI=1S/C14H13F2N3O/c1-8-3-4-10(7-18-8)19-14(20)9-5-11(15)13(17-2)12(16)6-9/h3-7,17H,1-2H3,(H,19,20). The number of halogens is 2. The molecule has 1 aromatic carbocycles. The number of anilines is 2. The Morgan fingerprint density at radius 3 is 2.35 bits per heavy atom. The minimum absolute atomic E-state index is 0.0976. The average Bonchev–Trinajstić information content (AvgIpc) is 2.41. The summed E-state index contributed by atoms with van der Waals surface area (Å²) in [5.41, 5.74) is 0.899. The van der Waals surface area contributed by atoms with Crippen molar-refractivity contribution in [3.8, 4) is 0 Å². The number of hydrogen-bond acceptors (Lipinski definition) is 3. The topological polar surface area (TPSA) is 54.0 Å². The quantitative estimate of drug-likeness (QED) is 0.907. The number of aromatic nitrogens is 1. The van der Waals surface area contributed by atoms with Gasteiger partial charge in [0, 0.05) is 18.3 Å². The number of amides is 1. The summed E-state index contributed by atoms with van der Waals surface area (Å²) in [6, 6.07) is 5.34. The Hall–Kier alpha value is -2.50. The van der Waals surface area contributed by atoms with Crippen LogP contribution >= 0.6 is 0 Å². The lowest BCUT2D eigenvalue weighted by Crippen LogP contribution is -2.13. The highest BCUT2D eigenvalue weighted by molar-refractivity contribution is 6.04. The van der Waals surface area contributed by atoms with Gasteiger partial charge in [-0.15, -0.1) is 0 Å². The Bertz CT molecular complexity index is 618. The van der Waals surface area contributed by atoms with Crippen molar-refractivity contribution < 1.29 is 13.6 Å². The van der Waals surface area contributed by atoms with Crippen LogP contribution in [-0.4, -0.2) is 17.9 Å². The van der Waals surface area contributed by atoms with Gasteiger partial charge in [-0.2, -0.15) is 0 Å². The molecule has 20 heavy (non-hydrogen) atoms. The number of carbonyl (C=O) groups excluding carboxylic acids is 1. The largest absolute Gasteiger partial charge is 0.383 e. The van der Waals surface area contributed by atoms with Gasteiger partial charge >= 0.3 is 0 Å². The number of rotatable bonds is 3. The Labute approximate surface area is 114 Å². The third-order valence-electron chi connectivity index (χ3n) is 2.72. The van der Waals surface area contributed by atoms with Crippen molar-refractivity contribution in [3.05, 3.63) is 53.4 Å². The third kappa shape index (κ3) is 2.90. The number of aryl methyl sites for hydroxylation is 1. The smallest absolute Gasteiger partial charge is 0.255 e. The second-order valence-electron chi connectivity index (χ2n) is 4.21. The van der Waals surface area contributed by atoms with Crippen LogP contribution in [0.25, 0.3) is 0 Å². The minimum atomic E-state index is -0.820. The van der Waals surface area contributed by atoms with Crippen LogP contribution in [0.5, 0.6) is 0 Å². The molecule has 0 aliphatic heterocycles. The van der Waals surface area contributed by atoms with Crippen molar-refractivity contribution >= 4 is 17.3 Å². The first kappa shape index (κ1) is 13.9. The summed E-state index contributed by atoms with van der Waals surface area (Å²) in [6.07, 6.45) is 1.47. The summed E-state index contributed by atoms with van der Waals surface area (Å²) < 4.78 is 27.1. The molecule has 0 atom stereocenters. The number of pyridine rings is 1. The maximum absolute atomic E-state index is 13.6. The molecular formula is C14H13F2N3O. The van der Waals surface area contributed by atoms with E-state index in [0.29, 0.717) is 5.69 Å². The van der Waals surface area contributed by atoms with E-state index in [9.17, 15) is 13.6 Å². The molecule has 0 saturated heterocycles. The van der Waals surface area contributed by atoms with Gasteiger partial charge in [0.05, 0.1) is 11.9 Å². The van der Waals surface area contributed by atoms with Crippen molar-refractivity contribution in [2.24, 2.45) is 0 Å². The number of nitrogens with zero attached hydrogens (tertiary/aromatic N) is 1. The molecule has 0 aliphatic carbocycles. The molecule has 0 radical (unpaired) electrons. The average molecular weight is 277 g/mol. The van der Waals surface area contributed by atoms with Gasteiger partial charge < -0.3 is 10.6 Å². The third-order valence-corrected chi connectivity index (χ3v) is 2.72. The van der Waals surface area contributed by atoms with Gasteiger partial charge in [0.15, 0.2) is 0 Å². The normalized spacial score (nSPS) is 10.2. The van der Waals surface area contributed by atoms with Crippen molar-refractivity contribution in [2.75, 3.05) is 17.7 Å². The van der Waals surface area contributed by atoms with Crippen LogP contribution in [0.4, 0.5) is 20.2 Å². The summed E-state index contributed by atoms with van der Waals surface area (Å²) in [7, 11) is 1.40. The van der Waals surface area contributed by atoms with Crippen molar-refractivity contribution in [2.45, 2.75) is 6.92 Å². The fourth-order valence-corrected chi connectivity index (χ4v) is 1.69. The van der Waals surface area contributed by atoms with Gasteiger partial charge in [-0.1, -0.05) is 0 Å². The monoisotopic (exact) mass is 277 g/mol. The van der Waals surface area contributed by atoms with Gasteiger partial charge in [-0.25, -0.2) is 8.78 Å². The highest BCUT2D eigenvalue weighted by Gasteiger charge is 2.14. The van der Waals surface area contributed by atoms with E-state index in [1.54, 1.807) is 12.1 Å². The van der Waals surface area contributed by atoms with Crippen LogP contribution in [-0.2, 0) is 0 Å². The van der Waals surface area contributed by atoms with E-state index in [0.717, 1.165) is 17.8 Å². The molecule has 1 aromatic heterocycles. The molecule has 0 aliphatic rings. The SMILES string of the molecule is CNc1c(F)cc(C(=O)Nc2ccc(C)nc2)cc1F. The van der Waals surface area contributed by atoms with E-state index in [1.165, 1.54) is 13.2 Å². The molecule has 0 spiro atoms. The second kappa shape index (κ2) is 5.64. The highest BCUT2D eigenvalue weighted by atomic mass is 19.1. The summed E-state index contributed by atoms with van der Waals surface area (Å²) in [4.78, 5) is 15.9. The van der Waals surface area contributed by atoms with E-state index in [4.69, 9.17) is 0 Å². The van der Waals surface area contributed by atoms with E-state index >= 15 is 0 Å². The Kier molecular flexibility index (Phi) is 3.93. The van der Waals surface area contributed by atoms with E-state index in [2.05, 4.69) is 15.6 Å². The summed E-state index contributed by atoms with van der Waals surface area (Å²) in [5.74, 6) is -2.24. The maximum Gasteiger partial charge on any atom is 0.255 e. The molecule has 6 heteroatoms. The number of nitrogens with one attached hydrogen (secondary N) is 2. The minimum Gasteiger partial charge on any atom is -0.383 e. The molecule has 1 amide bonds. The second-order valence-corrected chi connectivity index (χ2v) is 4.21. The molecule has 0 bridgehead atoms. The van der Waals surface area contributed by atoms with E-state index in [-0.39, 0.29) is 11.3 Å². The van der Waals surface area contributed by atoms with Crippen LogP contribution < -0.4 is 10.6 Å². The lowest BCUT2D eigenvalue weighted by atomic mass is 10.1. The first-order valence-electron chi connectivity index (χ1n) is 5.92. The molecule has 0 saturated carbocycles. The summed E-state index contributed by atoms with van der Waals surface area (Å²) in [6.45, 7) is 1.81. The molecule has 0 fully saturated rings. The zero-order valence-corrected chi connectivity index (χ0v) is 11.0. The van der Waals surface area contributed by atoms with Crippen LogP contribution in [0.3, 0.4) is 0 Å². The predicted octanol–water partition coefficient (Wildman–Crippen LogP) is 2.96. The zero-order chi connectivity index (χ0) is 14.7. The summed E-state index contributed by atoms with van der Waals surface area (Å²) in [5, 5.41) is 4.92. The van der Waals surface area contributed by atoms with Crippen LogP contribution in [0.1, 0.15) is 16.1 Å². The molecule has 2 rings (SSSR count).